The molecule has 3 aromatic rings. The standard InChI is InChI=1S/C20H15Cl3F3N3/c21-12-5-7-17(14(10-12)20(24,25)26)29-19-13(3-1-2-8-27-19)18(28-29)11-4-6-15(22)16(23)9-11/h4-7,9-10,27H,1-3,8H2. The quantitative estimate of drug-likeness (QED) is 0.436. The first-order valence-corrected chi connectivity index (χ1v) is 10.1. The molecule has 3 nitrogen and oxygen atoms in total. The fourth-order valence-corrected chi connectivity index (χ4v) is 3.94. The van der Waals surface area contributed by atoms with Gasteiger partial charge in [-0.3, -0.25) is 0 Å². The summed E-state index contributed by atoms with van der Waals surface area (Å²) in [5, 5.41) is 8.57. The summed E-state index contributed by atoms with van der Waals surface area (Å²) in [4.78, 5) is 0. The molecule has 0 radical (unpaired) electrons. The van der Waals surface area contributed by atoms with E-state index in [4.69, 9.17) is 34.8 Å². The van der Waals surface area contributed by atoms with E-state index in [1.807, 2.05) is 0 Å². The highest BCUT2D eigenvalue weighted by atomic mass is 35.5. The molecule has 152 valence electrons. The van der Waals surface area contributed by atoms with Crippen LogP contribution in [0.3, 0.4) is 0 Å². The van der Waals surface area contributed by atoms with Crippen LogP contribution in [0.25, 0.3) is 16.9 Å². The van der Waals surface area contributed by atoms with Gasteiger partial charge < -0.3 is 5.32 Å². The van der Waals surface area contributed by atoms with Gasteiger partial charge in [-0.1, -0.05) is 40.9 Å². The van der Waals surface area contributed by atoms with Crippen molar-refractivity contribution in [2.45, 2.75) is 25.4 Å². The maximum absolute atomic E-state index is 13.7. The maximum Gasteiger partial charge on any atom is 0.418 e. The Bertz CT molecular complexity index is 1080. The number of hydrogen-bond acceptors (Lipinski definition) is 2. The molecule has 2 heterocycles. The molecule has 1 aliphatic heterocycles. The summed E-state index contributed by atoms with van der Waals surface area (Å²) < 4.78 is 42.4. The van der Waals surface area contributed by atoms with Crippen molar-refractivity contribution in [3.63, 3.8) is 0 Å². The van der Waals surface area contributed by atoms with Crippen molar-refractivity contribution in [3.05, 3.63) is 62.6 Å². The number of nitrogens with zero attached hydrogens (tertiary/aromatic N) is 2. The Morgan fingerprint density at radius 3 is 2.48 bits per heavy atom. The largest absolute Gasteiger partial charge is 0.418 e. The van der Waals surface area contributed by atoms with Gasteiger partial charge in [-0.15, -0.1) is 0 Å². The lowest BCUT2D eigenvalue weighted by molar-refractivity contribution is -0.137. The third kappa shape index (κ3) is 3.93. The topological polar surface area (TPSA) is 29.9 Å². The number of fused-ring (bicyclic) bond motifs is 1. The van der Waals surface area contributed by atoms with Gasteiger partial charge >= 0.3 is 6.18 Å². The second-order valence-corrected chi connectivity index (χ2v) is 8.01. The first kappa shape index (κ1) is 20.4. The van der Waals surface area contributed by atoms with Gasteiger partial charge in [-0.05, 0) is 49.6 Å². The lowest BCUT2D eigenvalue weighted by Gasteiger charge is -2.16. The lowest BCUT2D eigenvalue weighted by Crippen LogP contribution is -2.14. The Kier molecular flexibility index (Phi) is 5.44. The minimum absolute atomic E-state index is 0.0111. The molecule has 0 fully saturated rings. The van der Waals surface area contributed by atoms with Crippen LogP contribution in [0.5, 0.6) is 0 Å². The van der Waals surface area contributed by atoms with Crippen LogP contribution in [0, 0.1) is 0 Å². The Morgan fingerprint density at radius 2 is 1.76 bits per heavy atom. The molecule has 0 amide bonds. The van der Waals surface area contributed by atoms with E-state index in [-0.39, 0.29) is 10.7 Å². The number of benzene rings is 2. The highest BCUT2D eigenvalue weighted by Crippen LogP contribution is 2.40. The molecule has 0 atom stereocenters. The van der Waals surface area contributed by atoms with Gasteiger partial charge in [-0.2, -0.15) is 18.3 Å². The van der Waals surface area contributed by atoms with Gasteiger partial charge in [0.15, 0.2) is 0 Å². The molecule has 1 N–H and O–H groups in total. The first-order chi connectivity index (χ1) is 13.8. The van der Waals surface area contributed by atoms with E-state index in [1.54, 1.807) is 18.2 Å². The van der Waals surface area contributed by atoms with E-state index in [0.717, 1.165) is 24.5 Å². The van der Waals surface area contributed by atoms with Gasteiger partial charge in [-0.25, -0.2) is 4.68 Å². The van der Waals surface area contributed by atoms with Crippen LogP contribution in [0.1, 0.15) is 24.0 Å². The summed E-state index contributed by atoms with van der Waals surface area (Å²) in [6.45, 7) is 0.647. The molecule has 0 bridgehead atoms. The second kappa shape index (κ2) is 7.74. The first-order valence-electron chi connectivity index (χ1n) is 8.94. The third-order valence-corrected chi connectivity index (χ3v) is 5.79. The summed E-state index contributed by atoms with van der Waals surface area (Å²) in [7, 11) is 0. The van der Waals surface area contributed by atoms with Gasteiger partial charge in [0.05, 0.1) is 27.0 Å². The van der Waals surface area contributed by atoms with Crippen LogP contribution in [0.4, 0.5) is 19.0 Å². The smallest absolute Gasteiger partial charge is 0.370 e. The van der Waals surface area contributed by atoms with Crippen molar-refractivity contribution in [1.82, 2.24) is 9.78 Å². The predicted octanol–water partition coefficient (Wildman–Crippen LogP) is 7.27. The second-order valence-electron chi connectivity index (χ2n) is 6.76. The highest BCUT2D eigenvalue weighted by molar-refractivity contribution is 6.42. The Labute approximate surface area is 180 Å². The van der Waals surface area contributed by atoms with Crippen LogP contribution in [-0.2, 0) is 12.6 Å². The number of rotatable bonds is 2. The number of aromatic nitrogens is 2. The number of alkyl halides is 3. The van der Waals surface area contributed by atoms with Crippen molar-refractivity contribution in [2.24, 2.45) is 0 Å². The van der Waals surface area contributed by atoms with E-state index in [2.05, 4.69) is 10.4 Å². The Hall–Kier alpha value is -1.89. The minimum Gasteiger partial charge on any atom is -0.370 e. The van der Waals surface area contributed by atoms with Crippen molar-refractivity contribution in [3.8, 4) is 16.9 Å². The van der Waals surface area contributed by atoms with Crippen molar-refractivity contribution in [2.75, 3.05) is 11.9 Å². The molecule has 9 heteroatoms. The van der Waals surface area contributed by atoms with Crippen molar-refractivity contribution in [1.29, 1.82) is 0 Å². The fraction of sp³-hybridized carbons (Fsp3) is 0.250. The predicted molar refractivity (Wildman–Crippen MR) is 110 cm³/mol. The minimum atomic E-state index is -4.58. The van der Waals surface area contributed by atoms with Crippen LogP contribution in [-0.4, -0.2) is 16.3 Å². The zero-order chi connectivity index (χ0) is 20.8. The van der Waals surface area contributed by atoms with Gasteiger partial charge in [0, 0.05) is 22.7 Å². The summed E-state index contributed by atoms with van der Waals surface area (Å²) in [6, 6.07) is 8.77. The van der Waals surface area contributed by atoms with Crippen molar-refractivity contribution < 1.29 is 13.2 Å². The lowest BCUT2D eigenvalue weighted by atomic mass is 10.0. The third-order valence-electron chi connectivity index (χ3n) is 4.81. The Morgan fingerprint density at radius 1 is 0.966 bits per heavy atom. The van der Waals surface area contributed by atoms with E-state index in [0.29, 0.717) is 40.1 Å². The molecule has 2 aromatic carbocycles. The van der Waals surface area contributed by atoms with E-state index < -0.39 is 11.7 Å². The molecule has 0 spiro atoms. The number of nitrogens with one attached hydrogen (secondary N) is 1. The molecule has 0 saturated heterocycles. The van der Waals surface area contributed by atoms with Crippen LogP contribution in [0.15, 0.2) is 36.4 Å². The number of halogens is 6. The van der Waals surface area contributed by atoms with Gasteiger partial charge in [0.25, 0.3) is 0 Å². The molecule has 29 heavy (non-hydrogen) atoms. The summed E-state index contributed by atoms with van der Waals surface area (Å²) in [5.41, 5.74) is 1.20. The summed E-state index contributed by atoms with van der Waals surface area (Å²) in [6.07, 6.45) is -2.09. The van der Waals surface area contributed by atoms with E-state index in [9.17, 15) is 13.2 Å². The average molecular weight is 461 g/mol. The molecule has 0 aliphatic carbocycles. The zero-order valence-electron chi connectivity index (χ0n) is 15.0. The van der Waals surface area contributed by atoms with Crippen LogP contribution >= 0.6 is 34.8 Å². The summed E-state index contributed by atoms with van der Waals surface area (Å²) >= 11 is 18.0. The zero-order valence-corrected chi connectivity index (χ0v) is 17.2. The Balaban J connectivity index is 1.96. The van der Waals surface area contributed by atoms with Gasteiger partial charge in [0.2, 0.25) is 0 Å². The van der Waals surface area contributed by atoms with Crippen molar-refractivity contribution >= 4 is 40.6 Å². The average Bonchev–Trinajstić information content (AvgIpc) is 2.84. The molecule has 1 aliphatic rings. The normalized spacial score (nSPS) is 14.3. The molecule has 0 saturated carbocycles. The molecule has 4 rings (SSSR count). The van der Waals surface area contributed by atoms with E-state index >= 15 is 0 Å². The van der Waals surface area contributed by atoms with Gasteiger partial charge in [0.1, 0.15) is 5.82 Å². The molecule has 1 aromatic heterocycles. The summed E-state index contributed by atoms with van der Waals surface area (Å²) in [5.74, 6) is 0.552. The fourth-order valence-electron chi connectivity index (χ4n) is 3.47. The van der Waals surface area contributed by atoms with Crippen LogP contribution in [0.2, 0.25) is 15.1 Å². The van der Waals surface area contributed by atoms with E-state index in [1.165, 1.54) is 16.8 Å². The maximum atomic E-state index is 13.7. The molecular weight excluding hydrogens is 446 g/mol. The highest BCUT2D eigenvalue weighted by Gasteiger charge is 2.36. The SMILES string of the molecule is FC(F)(F)c1cc(Cl)ccc1-n1nc(-c2ccc(Cl)c(Cl)c2)c2c1NCCCC2. The molecule has 0 unspecified atom stereocenters. The van der Waals surface area contributed by atoms with Crippen LogP contribution < -0.4 is 5.32 Å². The number of anilines is 1. The number of hydrogen-bond donors (Lipinski definition) is 1. The molecular formula is C20H15Cl3F3N3. The monoisotopic (exact) mass is 459 g/mol.